The molecule has 1 aromatic carbocycles. The Labute approximate surface area is 158 Å². The first kappa shape index (κ1) is 21.5. The normalized spacial score (nSPS) is 15.3. The van der Waals surface area contributed by atoms with Crippen LogP contribution in [0.1, 0.15) is 31.7 Å². The van der Waals surface area contributed by atoms with E-state index in [1.54, 1.807) is 0 Å². The Kier molecular flexibility index (Phi) is 7.91. The second kappa shape index (κ2) is 9.94. The van der Waals surface area contributed by atoms with Gasteiger partial charge in [-0.25, -0.2) is 0 Å². The summed E-state index contributed by atoms with van der Waals surface area (Å²) in [6, 6.07) is 3.50. The Hall–Kier alpha value is -1.80. The summed E-state index contributed by atoms with van der Waals surface area (Å²) in [6.45, 7) is 5.74. The van der Waals surface area contributed by atoms with E-state index in [-0.39, 0.29) is 18.0 Å². The Bertz CT molecular complexity index is 617. The van der Waals surface area contributed by atoms with Crippen molar-refractivity contribution in [3.63, 3.8) is 0 Å². The van der Waals surface area contributed by atoms with Crippen LogP contribution in [0, 0.1) is 0 Å². The van der Waals surface area contributed by atoms with Crippen molar-refractivity contribution in [3.8, 4) is 0 Å². The monoisotopic (exact) mass is 387 g/mol. The predicted molar refractivity (Wildman–Crippen MR) is 100 cm³/mol. The van der Waals surface area contributed by atoms with Crippen LogP contribution in [0.2, 0.25) is 0 Å². The summed E-state index contributed by atoms with van der Waals surface area (Å²) >= 11 is 0. The fraction of sp³-hybridized carbons (Fsp3) is 0.632. The number of amides is 1. The van der Waals surface area contributed by atoms with E-state index in [9.17, 15) is 18.0 Å². The molecule has 27 heavy (non-hydrogen) atoms. The van der Waals surface area contributed by atoms with Gasteiger partial charge in [0.05, 0.1) is 30.2 Å². The zero-order chi connectivity index (χ0) is 19.9. The minimum atomic E-state index is -4.45. The maximum Gasteiger partial charge on any atom is 0.416 e. The number of nitrogens with zero attached hydrogens (tertiary/aromatic N) is 2. The Morgan fingerprint density at radius 3 is 2.59 bits per heavy atom. The highest BCUT2D eigenvalue weighted by molar-refractivity contribution is 5.94. The van der Waals surface area contributed by atoms with Crippen LogP contribution in [-0.2, 0) is 15.7 Å². The predicted octanol–water partition coefficient (Wildman–Crippen LogP) is 3.60. The van der Waals surface area contributed by atoms with Crippen LogP contribution in [0.15, 0.2) is 18.2 Å². The molecular weight excluding hydrogens is 359 g/mol. The Balaban J connectivity index is 2.10. The van der Waals surface area contributed by atoms with Crippen molar-refractivity contribution in [1.82, 2.24) is 4.90 Å². The summed E-state index contributed by atoms with van der Waals surface area (Å²) in [7, 11) is 1.94. The number of carbonyl (C=O) groups excluding carboxylic acids is 1. The third-order valence-electron chi connectivity index (χ3n) is 4.56. The average molecular weight is 387 g/mol. The zero-order valence-corrected chi connectivity index (χ0v) is 15.9. The van der Waals surface area contributed by atoms with Gasteiger partial charge in [0.1, 0.15) is 0 Å². The summed E-state index contributed by atoms with van der Waals surface area (Å²) in [5.41, 5.74) is 0.0294. The van der Waals surface area contributed by atoms with Crippen LogP contribution in [0.5, 0.6) is 0 Å². The molecule has 152 valence electrons. The molecule has 8 heteroatoms. The van der Waals surface area contributed by atoms with Crippen LogP contribution >= 0.6 is 0 Å². The van der Waals surface area contributed by atoms with Gasteiger partial charge in [0.2, 0.25) is 5.91 Å². The molecule has 1 amide bonds. The van der Waals surface area contributed by atoms with Gasteiger partial charge in [0, 0.05) is 26.1 Å². The van der Waals surface area contributed by atoms with E-state index < -0.39 is 11.7 Å². The number of hydrogen-bond acceptors (Lipinski definition) is 4. The Morgan fingerprint density at radius 2 is 1.96 bits per heavy atom. The van der Waals surface area contributed by atoms with Gasteiger partial charge in [-0.05, 0) is 38.2 Å². The van der Waals surface area contributed by atoms with Gasteiger partial charge >= 0.3 is 6.18 Å². The molecule has 1 N–H and O–H groups in total. The molecule has 2 rings (SSSR count). The van der Waals surface area contributed by atoms with Crippen LogP contribution < -0.4 is 10.2 Å². The number of ether oxygens (including phenoxy) is 1. The highest BCUT2D eigenvalue weighted by Gasteiger charge is 2.31. The number of benzene rings is 1. The summed E-state index contributed by atoms with van der Waals surface area (Å²) < 4.78 is 44.6. The number of alkyl halides is 3. The fourth-order valence-corrected chi connectivity index (χ4v) is 2.94. The van der Waals surface area contributed by atoms with Crippen molar-refractivity contribution in [3.05, 3.63) is 23.8 Å². The molecular formula is C19H28F3N3O2. The molecule has 1 saturated heterocycles. The SMILES string of the molecule is CCCCN(C)CCC(=O)Nc1cc(C(F)(F)F)ccc1N1CCOCC1. The van der Waals surface area contributed by atoms with Crippen molar-refractivity contribution < 1.29 is 22.7 Å². The van der Waals surface area contributed by atoms with Gasteiger partial charge in [0.25, 0.3) is 0 Å². The summed E-state index contributed by atoms with van der Waals surface area (Å²) in [5, 5.41) is 2.68. The molecule has 0 atom stereocenters. The molecule has 0 aromatic heterocycles. The Morgan fingerprint density at radius 1 is 1.26 bits per heavy atom. The van der Waals surface area contributed by atoms with E-state index in [1.165, 1.54) is 6.07 Å². The van der Waals surface area contributed by atoms with E-state index in [0.29, 0.717) is 38.5 Å². The number of nitrogens with one attached hydrogen (secondary N) is 1. The lowest BCUT2D eigenvalue weighted by molar-refractivity contribution is -0.137. The number of halogens is 3. The quantitative estimate of drug-likeness (QED) is 0.740. The van der Waals surface area contributed by atoms with Crippen molar-refractivity contribution in [1.29, 1.82) is 0 Å². The van der Waals surface area contributed by atoms with E-state index >= 15 is 0 Å². The summed E-state index contributed by atoms with van der Waals surface area (Å²) in [4.78, 5) is 16.3. The molecule has 0 saturated carbocycles. The van der Waals surface area contributed by atoms with Crippen LogP contribution in [0.25, 0.3) is 0 Å². The number of anilines is 2. The average Bonchev–Trinajstić information content (AvgIpc) is 2.64. The van der Waals surface area contributed by atoms with Gasteiger partial charge in [-0.3, -0.25) is 4.79 Å². The van der Waals surface area contributed by atoms with Crippen molar-refractivity contribution in [2.45, 2.75) is 32.4 Å². The van der Waals surface area contributed by atoms with Crippen molar-refractivity contribution in [2.75, 3.05) is 56.7 Å². The molecule has 0 radical (unpaired) electrons. The van der Waals surface area contributed by atoms with Crippen molar-refractivity contribution >= 4 is 17.3 Å². The number of hydrogen-bond donors (Lipinski definition) is 1. The molecule has 0 spiro atoms. The second-order valence-electron chi connectivity index (χ2n) is 6.78. The first-order chi connectivity index (χ1) is 12.8. The third kappa shape index (κ3) is 6.70. The van der Waals surface area contributed by atoms with E-state index in [2.05, 4.69) is 17.1 Å². The van der Waals surface area contributed by atoms with Gasteiger partial charge in [0.15, 0.2) is 0 Å². The molecule has 1 fully saturated rings. The summed E-state index contributed by atoms with van der Waals surface area (Å²) in [5.74, 6) is -0.285. The minimum absolute atomic E-state index is 0.202. The van der Waals surface area contributed by atoms with Gasteiger partial charge in [-0.1, -0.05) is 13.3 Å². The fourth-order valence-electron chi connectivity index (χ4n) is 2.94. The topological polar surface area (TPSA) is 44.8 Å². The number of carbonyl (C=O) groups is 1. The highest BCUT2D eigenvalue weighted by atomic mass is 19.4. The van der Waals surface area contributed by atoms with Crippen LogP contribution in [0.3, 0.4) is 0 Å². The molecule has 1 heterocycles. The van der Waals surface area contributed by atoms with E-state index in [0.717, 1.165) is 31.5 Å². The van der Waals surface area contributed by atoms with Crippen molar-refractivity contribution in [2.24, 2.45) is 0 Å². The maximum absolute atomic E-state index is 13.1. The van der Waals surface area contributed by atoms with Crippen LogP contribution in [0.4, 0.5) is 24.5 Å². The third-order valence-corrected chi connectivity index (χ3v) is 4.56. The van der Waals surface area contributed by atoms with E-state index in [4.69, 9.17) is 4.74 Å². The summed E-state index contributed by atoms with van der Waals surface area (Å²) in [6.07, 6.45) is -2.10. The van der Waals surface area contributed by atoms with E-state index in [1.807, 2.05) is 11.9 Å². The lowest BCUT2D eigenvalue weighted by Crippen LogP contribution is -2.37. The standard InChI is InChI=1S/C19H28F3N3O2/c1-3-4-8-24(2)9-7-18(26)23-16-14-15(19(20,21)22)5-6-17(16)25-10-12-27-13-11-25/h5-6,14H,3-4,7-13H2,1-2H3,(H,23,26). The number of morpholine rings is 1. The largest absolute Gasteiger partial charge is 0.416 e. The lowest BCUT2D eigenvalue weighted by Gasteiger charge is -2.31. The molecule has 5 nitrogen and oxygen atoms in total. The van der Waals surface area contributed by atoms with Crippen LogP contribution in [-0.4, -0.2) is 57.2 Å². The molecule has 0 aliphatic carbocycles. The first-order valence-electron chi connectivity index (χ1n) is 9.33. The number of rotatable bonds is 8. The lowest BCUT2D eigenvalue weighted by atomic mass is 10.1. The molecule has 1 aromatic rings. The smallest absolute Gasteiger partial charge is 0.378 e. The second-order valence-corrected chi connectivity index (χ2v) is 6.78. The molecule has 1 aliphatic rings. The molecule has 1 aliphatic heterocycles. The maximum atomic E-state index is 13.1. The van der Waals surface area contributed by atoms with Gasteiger partial charge < -0.3 is 19.9 Å². The highest BCUT2D eigenvalue weighted by Crippen LogP contribution is 2.35. The van der Waals surface area contributed by atoms with Gasteiger partial charge in [-0.15, -0.1) is 0 Å². The zero-order valence-electron chi connectivity index (χ0n) is 15.9. The van der Waals surface area contributed by atoms with Gasteiger partial charge in [-0.2, -0.15) is 13.2 Å². The minimum Gasteiger partial charge on any atom is -0.378 e. The number of unbranched alkanes of at least 4 members (excludes halogenated alkanes) is 1. The first-order valence-corrected chi connectivity index (χ1v) is 9.33. The molecule has 0 bridgehead atoms. The molecule has 0 unspecified atom stereocenters.